The molecule has 0 aliphatic carbocycles. The van der Waals surface area contributed by atoms with Gasteiger partial charge in [-0.3, -0.25) is 10.1 Å². The summed E-state index contributed by atoms with van der Waals surface area (Å²) in [5.41, 5.74) is 2.71. The first-order valence-corrected chi connectivity index (χ1v) is 8.80. The monoisotopic (exact) mass is 359 g/mol. The van der Waals surface area contributed by atoms with Gasteiger partial charge in [-0.1, -0.05) is 6.07 Å². The molecule has 0 aromatic carbocycles. The molecule has 26 heavy (non-hydrogen) atoms. The molecular weight excluding hydrogens is 334 g/mol. The van der Waals surface area contributed by atoms with Gasteiger partial charge in [-0.2, -0.15) is 5.10 Å². The lowest BCUT2D eigenvalue weighted by Gasteiger charge is -2.32. The van der Waals surface area contributed by atoms with Crippen molar-refractivity contribution in [3.05, 3.63) is 47.5 Å². The number of carbonyl (C=O) groups excluding carboxylic acids is 1. The topological polar surface area (TPSA) is 92.4 Å². The highest BCUT2D eigenvalue weighted by atomic mass is 16.5. The average Bonchev–Trinajstić information content (AvgIpc) is 3.13. The minimum atomic E-state index is -0.0810. The van der Waals surface area contributed by atoms with Crippen LogP contribution in [-0.4, -0.2) is 52.4 Å². The van der Waals surface area contributed by atoms with E-state index in [2.05, 4.69) is 20.5 Å². The molecule has 0 bridgehead atoms. The van der Waals surface area contributed by atoms with E-state index in [1.165, 1.54) is 0 Å². The number of hydrogen-bond acceptors (Lipinski definition) is 5. The van der Waals surface area contributed by atoms with Crippen LogP contribution in [0.5, 0.6) is 0 Å². The van der Waals surface area contributed by atoms with Gasteiger partial charge in [0.25, 0.3) is 0 Å². The number of nitrogens with one attached hydrogen (secondary N) is 2. The highest BCUT2D eigenvalue weighted by Gasteiger charge is 2.24. The molecule has 140 valence electrons. The Hall–Kier alpha value is -2.45. The maximum atomic E-state index is 12.4. The second-order valence-electron chi connectivity index (χ2n) is 6.36. The third-order valence-electron chi connectivity index (χ3n) is 4.28. The van der Waals surface area contributed by atoms with Crippen molar-refractivity contribution in [1.82, 2.24) is 25.4 Å². The summed E-state index contributed by atoms with van der Waals surface area (Å²) in [6.07, 6.45) is 5.50. The fourth-order valence-corrected chi connectivity index (χ4v) is 2.96. The Kier molecular flexibility index (Phi) is 6.56. The summed E-state index contributed by atoms with van der Waals surface area (Å²) in [4.78, 5) is 18.3. The molecule has 1 saturated heterocycles. The van der Waals surface area contributed by atoms with Gasteiger partial charge in [0, 0.05) is 32.6 Å². The Balaban J connectivity index is 1.43. The normalized spacial score (nSPS) is 17.3. The number of likely N-dealkylation sites (tertiary alicyclic amines) is 1. The van der Waals surface area contributed by atoms with E-state index < -0.39 is 0 Å². The zero-order valence-electron chi connectivity index (χ0n) is 15.0. The molecule has 8 heteroatoms. The van der Waals surface area contributed by atoms with Crippen LogP contribution in [0.15, 0.2) is 30.6 Å². The number of nitrogens with zero attached hydrogens (tertiary/aromatic N) is 3. The van der Waals surface area contributed by atoms with Crippen LogP contribution in [0.25, 0.3) is 0 Å². The lowest BCUT2D eigenvalue weighted by Crippen LogP contribution is -2.47. The van der Waals surface area contributed by atoms with Crippen molar-refractivity contribution >= 4 is 6.03 Å². The Morgan fingerprint density at radius 1 is 1.46 bits per heavy atom. The Labute approximate surface area is 152 Å². The number of carbonyl (C=O) groups is 1. The second kappa shape index (κ2) is 9.30. The molecule has 2 amide bonds. The van der Waals surface area contributed by atoms with Crippen molar-refractivity contribution in [1.29, 1.82) is 0 Å². The van der Waals surface area contributed by atoms with E-state index in [0.29, 0.717) is 26.3 Å². The third kappa shape index (κ3) is 5.27. The molecule has 1 aliphatic heterocycles. The smallest absolute Gasteiger partial charge is 0.317 e. The molecule has 3 rings (SSSR count). The van der Waals surface area contributed by atoms with E-state index in [1.54, 1.807) is 19.5 Å². The lowest BCUT2D eigenvalue weighted by atomic mass is 10.1. The van der Waals surface area contributed by atoms with E-state index in [1.807, 2.05) is 23.1 Å². The van der Waals surface area contributed by atoms with Crippen molar-refractivity contribution in [3.63, 3.8) is 0 Å². The summed E-state index contributed by atoms with van der Waals surface area (Å²) >= 11 is 0. The number of ether oxygens (including phenoxy) is 2. The van der Waals surface area contributed by atoms with Gasteiger partial charge in [-0.05, 0) is 30.5 Å². The molecule has 0 saturated carbocycles. The van der Waals surface area contributed by atoms with Gasteiger partial charge in [0.15, 0.2) is 0 Å². The van der Waals surface area contributed by atoms with Crippen molar-refractivity contribution in [2.75, 3.05) is 20.2 Å². The number of aromatic amines is 1. The molecule has 0 unspecified atom stereocenters. The van der Waals surface area contributed by atoms with Crippen molar-refractivity contribution in [3.8, 4) is 0 Å². The minimum absolute atomic E-state index is 0.0511. The third-order valence-corrected chi connectivity index (χ3v) is 4.28. The van der Waals surface area contributed by atoms with Gasteiger partial charge in [-0.15, -0.1) is 0 Å². The van der Waals surface area contributed by atoms with Crippen LogP contribution in [0.2, 0.25) is 0 Å². The molecule has 1 fully saturated rings. The number of pyridine rings is 1. The van der Waals surface area contributed by atoms with Gasteiger partial charge in [0.1, 0.15) is 0 Å². The fraction of sp³-hybridized carbons (Fsp3) is 0.500. The number of methoxy groups -OCH3 is 1. The first-order chi connectivity index (χ1) is 12.7. The van der Waals surface area contributed by atoms with Crippen LogP contribution in [-0.2, 0) is 29.2 Å². The van der Waals surface area contributed by atoms with E-state index in [9.17, 15) is 4.79 Å². The molecule has 1 atom stereocenters. The lowest BCUT2D eigenvalue weighted by molar-refractivity contribution is -0.000466. The number of aromatic nitrogens is 3. The number of urea groups is 1. The maximum Gasteiger partial charge on any atom is 0.317 e. The van der Waals surface area contributed by atoms with Gasteiger partial charge < -0.3 is 19.7 Å². The minimum Gasteiger partial charge on any atom is -0.378 e. The van der Waals surface area contributed by atoms with Gasteiger partial charge in [0.05, 0.1) is 37.3 Å². The first kappa shape index (κ1) is 18.3. The predicted octanol–water partition coefficient (Wildman–Crippen LogP) is 1.84. The van der Waals surface area contributed by atoms with Crippen LogP contribution < -0.4 is 5.32 Å². The summed E-state index contributed by atoms with van der Waals surface area (Å²) in [6.45, 7) is 2.73. The maximum absolute atomic E-state index is 12.4. The van der Waals surface area contributed by atoms with E-state index >= 15 is 0 Å². The standard InChI is InChI=1S/C18H25N5O3/c1-25-13-16-8-15(21-22-16)10-20-18(24)23-7-3-5-17(11-23)26-12-14-4-2-6-19-9-14/h2,4,6,8-9,17H,3,5,7,10-13H2,1H3,(H,20,24)(H,21,22)/t17-/m0/s1. The summed E-state index contributed by atoms with van der Waals surface area (Å²) in [6, 6.07) is 5.69. The zero-order chi connectivity index (χ0) is 18.2. The Bertz CT molecular complexity index is 691. The summed E-state index contributed by atoms with van der Waals surface area (Å²) in [5.74, 6) is 0. The molecule has 0 radical (unpaired) electrons. The number of piperidine rings is 1. The van der Waals surface area contributed by atoms with Crippen molar-refractivity contribution in [2.45, 2.75) is 38.7 Å². The summed E-state index contributed by atoms with van der Waals surface area (Å²) in [5, 5.41) is 9.95. The van der Waals surface area contributed by atoms with E-state index in [4.69, 9.17) is 9.47 Å². The predicted molar refractivity (Wildman–Crippen MR) is 95.2 cm³/mol. The zero-order valence-corrected chi connectivity index (χ0v) is 15.0. The molecule has 3 heterocycles. The summed E-state index contributed by atoms with van der Waals surface area (Å²) < 4.78 is 11.0. The number of hydrogen-bond donors (Lipinski definition) is 2. The quantitative estimate of drug-likeness (QED) is 0.787. The largest absolute Gasteiger partial charge is 0.378 e. The van der Waals surface area contributed by atoms with Crippen molar-refractivity contribution in [2.24, 2.45) is 0 Å². The molecule has 2 aromatic rings. The number of rotatable bonds is 7. The Morgan fingerprint density at radius 2 is 2.38 bits per heavy atom. The highest BCUT2D eigenvalue weighted by Crippen LogP contribution is 2.15. The second-order valence-corrected chi connectivity index (χ2v) is 6.36. The first-order valence-electron chi connectivity index (χ1n) is 8.80. The molecule has 8 nitrogen and oxygen atoms in total. The Morgan fingerprint density at radius 3 is 3.19 bits per heavy atom. The van der Waals surface area contributed by atoms with Crippen LogP contribution in [0.4, 0.5) is 4.79 Å². The molecule has 0 spiro atoms. The van der Waals surface area contributed by atoms with Crippen LogP contribution >= 0.6 is 0 Å². The van der Waals surface area contributed by atoms with Crippen LogP contribution in [0.1, 0.15) is 29.8 Å². The van der Waals surface area contributed by atoms with Gasteiger partial charge >= 0.3 is 6.03 Å². The van der Waals surface area contributed by atoms with E-state index in [0.717, 1.165) is 36.3 Å². The molecule has 2 aromatic heterocycles. The molecular formula is C18H25N5O3. The fourth-order valence-electron chi connectivity index (χ4n) is 2.96. The number of amides is 2. The molecule has 2 N–H and O–H groups in total. The van der Waals surface area contributed by atoms with Crippen LogP contribution in [0, 0.1) is 0 Å². The summed E-state index contributed by atoms with van der Waals surface area (Å²) in [7, 11) is 1.62. The van der Waals surface area contributed by atoms with Crippen molar-refractivity contribution < 1.29 is 14.3 Å². The number of H-pyrrole nitrogens is 1. The van der Waals surface area contributed by atoms with Gasteiger partial charge in [0.2, 0.25) is 0 Å². The average molecular weight is 359 g/mol. The molecule has 1 aliphatic rings. The van der Waals surface area contributed by atoms with Gasteiger partial charge in [-0.25, -0.2) is 4.79 Å². The SMILES string of the molecule is COCc1cc(CNC(=O)N2CCC[C@H](OCc3cccnc3)C2)[nH]n1. The van der Waals surface area contributed by atoms with Crippen LogP contribution in [0.3, 0.4) is 0 Å². The highest BCUT2D eigenvalue weighted by molar-refractivity contribution is 5.74. The van der Waals surface area contributed by atoms with E-state index in [-0.39, 0.29) is 12.1 Å².